The first-order chi connectivity index (χ1) is 13.6. The van der Waals surface area contributed by atoms with E-state index in [9.17, 15) is 9.18 Å². The molecular formula is C22H20FN3O2. The van der Waals surface area contributed by atoms with Gasteiger partial charge in [-0.1, -0.05) is 18.2 Å². The van der Waals surface area contributed by atoms with Crippen LogP contribution in [0.1, 0.15) is 17.0 Å². The number of hydrogen-bond acceptors (Lipinski definition) is 3. The number of aromatic nitrogens is 2. The van der Waals surface area contributed by atoms with Crippen LogP contribution in [0.15, 0.2) is 59.1 Å². The maximum Gasteiger partial charge on any atom is 0.226 e. The van der Waals surface area contributed by atoms with Crippen LogP contribution in [0.3, 0.4) is 0 Å². The maximum atomic E-state index is 13.1. The molecule has 0 bridgehead atoms. The fourth-order valence-corrected chi connectivity index (χ4v) is 3.21. The predicted octanol–water partition coefficient (Wildman–Crippen LogP) is 4.17. The number of oxazole rings is 1. The van der Waals surface area contributed by atoms with Crippen LogP contribution in [0.4, 0.5) is 4.39 Å². The van der Waals surface area contributed by atoms with Gasteiger partial charge in [0.1, 0.15) is 11.6 Å². The molecule has 0 fully saturated rings. The molecule has 0 aliphatic carbocycles. The lowest BCUT2D eigenvalue weighted by molar-refractivity contribution is -0.120. The number of carbonyl (C=O) groups excluding carboxylic acids is 1. The number of amides is 1. The third-order valence-corrected chi connectivity index (χ3v) is 4.69. The summed E-state index contributed by atoms with van der Waals surface area (Å²) in [7, 11) is 0. The van der Waals surface area contributed by atoms with Crippen LogP contribution in [0.25, 0.3) is 22.4 Å². The number of benzene rings is 2. The number of rotatable bonds is 6. The van der Waals surface area contributed by atoms with E-state index in [-0.39, 0.29) is 11.7 Å². The second-order valence-corrected chi connectivity index (χ2v) is 6.67. The molecule has 0 saturated carbocycles. The topological polar surface area (TPSA) is 70.9 Å². The van der Waals surface area contributed by atoms with Gasteiger partial charge in [-0.2, -0.15) is 0 Å². The molecule has 0 aliphatic rings. The standard InChI is InChI=1S/C22H20FN3O2/c1-14-19(26-22(28-14)15-6-8-17(23)9-7-15)10-11-24-21(27)12-16-13-25-20-5-3-2-4-18(16)20/h2-9,13,25H,10-12H2,1H3,(H,24,27). The smallest absolute Gasteiger partial charge is 0.226 e. The zero-order valence-corrected chi connectivity index (χ0v) is 15.5. The Hall–Kier alpha value is -3.41. The van der Waals surface area contributed by atoms with E-state index >= 15 is 0 Å². The van der Waals surface area contributed by atoms with Gasteiger partial charge in [0.05, 0.1) is 12.1 Å². The summed E-state index contributed by atoms with van der Waals surface area (Å²) in [5.41, 5.74) is 3.51. The quantitative estimate of drug-likeness (QED) is 0.530. The van der Waals surface area contributed by atoms with Crippen molar-refractivity contribution < 1.29 is 13.6 Å². The van der Waals surface area contributed by atoms with E-state index in [1.807, 2.05) is 37.4 Å². The first-order valence-electron chi connectivity index (χ1n) is 9.14. The van der Waals surface area contributed by atoms with Crippen LogP contribution < -0.4 is 5.32 Å². The average molecular weight is 377 g/mol. The molecule has 2 N–H and O–H groups in total. The Morgan fingerprint density at radius 1 is 1.18 bits per heavy atom. The van der Waals surface area contributed by atoms with Crippen LogP contribution in [0.5, 0.6) is 0 Å². The lowest BCUT2D eigenvalue weighted by Gasteiger charge is -2.04. The Kier molecular flexibility index (Phi) is 4.93. The lowest BCUT2D eigenvalue weighted by atomic mass is 10.1. The first-order valence-corrected chi connectivity index (χ1v) is 9.14. The molecule has 0 radical (unpaired) electrons. The fourth-order valence-electron chi connectivity index (χ4n) is 3.21. The normalized spacial score (nSPS) is 11.1. The van der Waals surface area contributed by atoms with Crippen LogP contribution in [0, 0.1) is 12.7 Å². The second-order valence-electron chi connectivity index (χ2n) is 6.67. The van der Waals surface area contributed by atoms with Crippen molar-refractivity contribution in [3.63, 3.8) is 0 Å². The van der Waals surface area contributed by atoms with E-state index in [4.69, 9.17) is 4.42 Å². The van der Waals surface area contributed by atoms with Gasteiger partial charge in [0.2, 0.25) is 11.8 Å². The lowest BCUT2D eigenvalue weighted by Crippen LogP contribution is -2.27. The molecule has 0 unspecified atom stereocenters. The predicted molar refractivity (Wildman–Crippen MR) is 105 cm³/mol. The van der Waals surface area contributed by atoms with Crippen molar-refractivity contribution in [1.29, 1.82) is 0 Å². The average Bonchev–Trinajstić information content (AvgIpc) is 3.26. The fraction of sp³-hybridized carbons (Fsp3) is 0.182. The van der Waals surface area contributed by atoms with Crippen LogP contribution in [-0.4, -0.2) is 22.4 Å². The van der Waals surface area contributed by atoms with E-state index in [0.29, 0.717) is 31.0 Å². The maximum absolute atomic E-state index is 13.1. The Balaban J connectivity index is 1.35. The van der Waals surface area contributed by atoms with E-state index in [0.717, 1.165) is 27.7 Å². The number of hydrogen-bond donors (Lipinski definition) is 2. The highest BCUT2D eigenvalue weighted by Crippen LogP contribution is 2.22. The van der Waals surface area contributed by atoms with Crippen molar-refractivity contribution in [1.82, 2.24) is 15.3 Å². The van der Waals surface area contributed by atoms with Crippen molar-refractivity contribution >= 4 is 16.8 Å². The van der Waals surface area contributed by atoms with Gasteiger partial charge in [-0.15, -0.1) is 0 Å². The van der Waals surface area contributed by atoms with E-state index in [1.165, 1.54) is 12.1 Å². The zero-order chi connectivity index (χ0) is 19.5. The molecule has 4 rings (SSSR count). The van der Waals surface area contributed by atoms with Gasteiger partial charge < -0.3 is 14.7 Å². The highest BCUT2D eigenvalue weighted by molar-refractivity contribution is 5.88. The Bertz CT molecular complexity index is 1110. The van der Waals surface area contributed by atoms with Gasteiger partial charge >= 0.3 is 0 Å². The Morgan fingerprint density at radius 3 is 2.79 bits per heavy atom. The van der Waals surface area contributed by atoms with E-state index in [1.54, 1.807) is 12.1 Å². The van der Waals surface area contributed by atoms with E-state index < -0.39 is 0 Å². The number of halogens is 1. The van der Waals surface area contributed by atoms with Crippen molar-refractivity contribution in [3.05, 3.63) is 77.6 Å². The van der Waals surface area contributed by atoms with Gasteiger partial charge in [0.25, 0.3) is 0 Å². The summed E-state index contributed by atoms with van der Waals surface area (Å²) in [6, 6.07) is 13.9. The molecule has 2 heterocycles. The van der Waals surface area contributed by atoms with Gasteiger partial charge in [0.15, 0.2) is 0 Å². The number of fused-ring (bicyclic) bond motifs is 1. The van der Waals surface area contributed by atoms with Crippen molar-refractivity contribution in [3.8, 4) is 11.5 Å². The minimum atomic E-state index is -0.301. The van der Waals surface area contributed by atoms with Crippen molar-refractivity contribution in [2.24, 2.45) is 0 Å². The molecule has 4 aromatic rings. The number of para-hydroxylation sites is 1. The second kappa shape index (κ2) is 7.68. The van der Waals surface area contributed by atoms with Crippen molar-refractivity contribution in [2.75, 3.05) is 6.54 Å². The third-order valence-electron chi connectivity index (χ3n) is 4.69. The number of nitrogens with zero attached hydrogens (tertiary/aromatic N) is 1. The number of carbonyl (C=O) groups is 1. The van der Waals surface area contributed by atoms with Gasteiger partial charge in [-0.3, -0.25) is 4.79 Å². The summed E-state index contributed by atoms with van der Waals surface area (Å²) >= 11 is 0. The summed E-state index contributed by atoms with van der Waals surface area (Å²) in [6.45, 7) is 2.31. The monoisotopic (exact) mass is 377 g/mol. The summed E-state index contributed by atoms with van der Waals surface area (Å²) in [6.07, 6.45) is 2.76. The molecule has 0 atom stereocenters. The molecule has 6 heteroatoms. The highest BCUT2D eigenvalue weighted by Gasteiger charge is 2.13. The molecule has 28 heavy (non-hydrogen) atoms. The largest absolute Gasteiger partial charge is 0.441 e. The Labute approximate surface area is 161 Å². The summed E-state index contributed by atoms with van der Waals surface area (Å²) < 4.78 is 18.7. The molecular weight excluding hydrogens is 357 g/mol. The van der Waals surface area contributed by atoms with Crippen LogP contribution >= 0.6 is 0 Å². The summed E-state index contributed by atoms with van der Waals surface area (Å²) in [5, 5.41) is 4.00. The number of aromatic amines is 1. The number of aryl methyl sites for hydroxylation is 1. The Morgan fingerprint density at radius 2 is 1.96 bits per heavy atom. The first kappa shape index (κ1) is 18.0. The number of nitrogens with one attached hydrogen (secondary N) is 2. The molecule has 142 valence electrons. The van der Waals surface area contributed by atoms with Crippen LogP contribution in [-0.2, 0) is 17.6 Å². The molecule has 0 saturated heterocycles. The van der Waals surface area contributed by atoms with Crippen LogP contribution in [0.2, 0.25) is 0 Å². The van der Waals surface area contributed by atoms with Crippen molar-refractivity contribution in [2.45, 2.75) is 19.8 Å². The minimum absolute atomic E-state index is 0.0374. The molecule has 0 aliphatic heterocycles. The summed E-state index contributed by atoms with van der Waals surface area (Å²) in [4.78, 5) is 19.9. The third kappa shape index (κ3) is 3.81. The van der Waals surface area contributed by atoms with Gasteiger partial charge in [-0.25, -0.2) is 9.37 Å². The van der Waals surface area contributed by atoms with Gasteiger partial charge in [0, 0.05) is 35.6 Å². The molecule has 5 nitrogen and oxygen atoms in total. The molecule has 2 aromatic heterocycles. The van der Waals surface area contributed by atoms with Gasteiger partial charge in [-0.05, 0) is 42.8 Å². The molecule has 1 amide bonds. The summed E-state index contributed by atoms with van der Waals surface area (Å²) in [5.74, 6) is 0.817. The minimum Gasteiger partial charge on any atom is -0.441 e. The SMILES string of the molecule is Cc1oc(-c2ccc(F)cc2)nc1CCNC(=O)Cc1c[nH]c2ccccc12. The molecule has 2 aromatic carbocycles. The number of H-pyrrole nitrogens is 1. The van der Waals surface area contributed by atoms with E-state index in [2.05, 4.69) is 15.3 Å². The zero-order valence-electron chi connectivity index (χ0n) is 15.5. The highest BCUT2D eigenvalue weighted by atomic mass is 19.1. The molecule has 0 spiro atoms.